The van der Waals surface area contributed by atoms with E-state index in [4.69, 9.17) is 5.73 Å². The lowest BCUT2D eigenvalue weighted by molar-refractivity contribution is -0.126. The monoisotopic (exact) mass is 198 g/mol. The van der Waals surface area contributed by atoms with Crippen LogP contribution in [-0.4, -0.2) is 18.5 Å². The number of nitrogens with one attached hydrogen (secondary N) is 1. The number of amides is 1. The highest BCUT2D eigenvalue weighted by Crippen LogP contribution is 2.27. The molecule has 0 aromatic carbocycles. The number of hydrogen-bond acceptors (Lipinski definition) is 2. The topological polar surface area (TPSA) is 55.1 Å². The molecule has 0 heterocycles. The first-order valence-corrected chi connectivity index (χ1v) is 5.68. The van der Waals surface area contributed by atoms with Crippen LogP contribution in [0.1, 0.15) is 39.5 Å². The molecule has 1 amide bonds. The number of rotatable bonds is 3. The molecule has 0 saturated heterocycles. The van der Waals surface area contributed by atoms with Gasteiger partial charge in [0.15, 0.2) is 0 Å². The number of hydrogen-bond donors (Lipinski definition) is 2. The zero-order valence-corrected chi connectivity index (χ0v) is 9.25. The van der Waals surface area contributed by atoms with E-state index in [2.05, 4.69) is 19.2 Å². The molecule has 3 atom stereocenters. The minimum atomic E-state index is 0.205. The zero-order chi connectivity index (χ0) is 10.6. The molecule has 0 aromatic rings. The van der Waals surface area contributed by atoms with Crippen LogP contribution in [0.15, 0.2) is 0 Å². The molecule has 0 radical (unpaired) electrons. The van der Waals surface area contributed by atoms with Gasteiger partial charge in [-0.15, -0.1) is 0 Å². The second kappa shape index (κ2) is 5.35. The zero-order valence-electron chi connectivity index (χ0n) is 9.25. The average molecular weight is 198 g/mol. The highest BCUT2D eigenvalue weighted by atomic mass is 16.1. The molecule has 1 saturated carbocycles. The highest BCUT2D eigenvalue weighted by Gasteiger charge is 2.28. The molecule has 1 aliphatic rings. The summed E-state index contributed by atoms with van der Waals surface area (Å²) in [5.74, 6) is 0.920. The molecule has 3 nitrogen and oxygen atoms in total. The number of carbonyl (C=O) groups is 1. The summed E-state index contributed by atoms with van der Waals surface area (Å²) in [5.41, 5.74) is 5.91. The largest absolute Gasteiger partial charge is 0.356 e. The molecule has 1 rings (SSSR count). The van der Waals surface area contributed by atoms with Crippen LogP contribution in [0.3, 0.4) is 0 Å². The second-order valence-electron chi connectivity index (χ2n) is 4.44. The van der Waals surface area contributed by atoms with Crippen molar-refractivity contribution in [1.82, 2.24) is 5.32 Å². The maximum absolute atomic E-state index is 11.7. The predicted octanol–water partition coefficient (Wildman–Crippen LogP) is 1.28. The van der Waals surface area contributed by atoms with Gasteiger partial charge in [-0.1, -0.05) is 13.8 Å². The Morgan fingerprint density at radius 1 is 1.50 bits per heavy atom. The maximum atomic E-state index is 11.7. The fraction of sp³-hybridized carbons (Fsp3) is 0.909. The minimum Gasteiger partial charge on any atom is -0.356 e. The van der Waals surface area contributed by atoms with Crippen molar-refractivity contribution in [3.8, 4) is 0 Å². The van der Waals surface area contributed by atoms with Crippen molar-refractivity contribution >= 4 is 5.91 Å². The molecule has 1 aliphatic carbocycles. The van der Waals surface area contributed by atoms with Crippen molar-refractivity contribution in [2.24, 2.45) is 17.6 Å². The molecule has 82 valence electrons. The Morgan fingerprint density at radius 3 is 2.79 bits per heavy atom. The van der Waals surface area contributed by atoms with Gasteiger partial charge < -0.3 is 11.1 Å². The van der Waals surface area contributed by atoms with E-state index in [0.717, 1.165) is 32.2 Å². The van der Waals surface area contributed by atoms with Crippen molar-refractivity contribution in [2.75, 3.05) is 6.54 Å². The summed E-state index contributed by atoms with van der Waals surface area (Å²) < 4.78 is 0. The van der Waals surface area contributed by atoms with E-state index in [1.54, 1.807) is 0 Å². The van der Waals surface area contributed by atoms with Crippen LogP contribution in [0.25, 0.3) is 0 Å². The van der Waals surface area contributed by atoms with Gasteiger partial charge in [0.25, 0.3) is 0 Å². The number of carbonyl (C=O) groups excluding carboxylic acids is 1. The highest BCUT2D eigenvalue weighted by molar-refractivity contribution is 5.78. The summed E-state index contributed by atoms with van der Waals surface area (Å²) in [7, 11) is 0. The van der Waals surface area contributed by atoms with Crippen LogP contribution in [0.2, 0.25) is 0 Å². The first-order valence-electron chi connectivity index (χ1n) is 5.68. The molecule has 3 N–H and O–H groups in total. The Labute approximate surface area is 86.4 Å². The van der Waals surface area contributed by atoms with Crippen LogP contribution < -0.4 is 11.1 Å². The molecular weight excluding hydrogens is 176 g/mol. The smallest absolute Gasteiger partial charge is 0.223 e. The molecule has 3 heteroatoms. The van der Waals surface area contributed by atoms with E-state index >= 15 is 0 Å². The van der Waals surface area contributed by atoms with Crippen LogP contribution >= 0.6 is 0 Å². The van der Waals surface area contributed by atoms with E-state index in [1.807, 2.05) is 0 Å². The summed E-state index contributed by atoms with van der Waals surface area (Å²) in [6.45, 7) is 5.01. The van der Waals surface area contributed by atoms with Gasteiger partial charge in [-0.2, -0.15) is 0 Å². The van der Waals surface area contributed by atoms with Gasteiger partial charge in [-0.3, -0.25) is 4.79 Å². The van der Waals surface area contributed by atoms with Gasteiger partial charge in [0.05, 0.1) is 0 Å². The standard InChI is InChI=1S/C11H22N2O/c1-3-6-13-11(14)9-4-5-10(12)8(2)7-9/h8-10H,3-7,12H2,1-2H3,(H,13,14). The Hall–Kier alpha value is -0.570. The van der Waals surface area contributed by atoms with Crippen LogP contribution in [0.4, 0.5) is 0 Å². The molecule has 0 bridgehead atoms. The predicted molar refractivity (Wildman–Crippen MR) is 57.8 cm³/mol. The van der Waals surface area contributed by atoms with Gasteiger partial charge in [-0.05, 0) is 31.6 Å². The van der Waals surface area contributed by atoms with Crippen LogP contribution in [0.5, 0.6) is 0 Å². The van der Waals surface area contributed by atoms with Crippen molar-refractivity contribution in [3.63, 3.8) is 0 Å². The Balaban J connectivity index is 2.34. The van der Waals surface area contributed by atoms with Gasteiger partial charge in [0.1, 0.15) is 0 Å². The maximum Gasteiger partial charge on any atom is 0.223 e. The third-order valence-electron chi connectivity index (χ3n) is 3.16. The summed E-state index contributed by atoms with van der Waals surface area (Å²) in [6.07, 6.45) is 3.91. The van der Waals surface area contributed by atoms with E-state index in [-0.39, 0.29) is 11.8 Å². The molecule has 1 fully saturated rings. The van der Waals surface area contributed by atoms with Crippen molar-refractivity contribution in [3.05, 3.63) is 0 Å². The normalized spacial score (nSPS) is 32.6. The van der Waals surface area contributed by atoms with Gasteiger partial charge in [0.2, 0.25) is 5.91 Å². The van der Waals surface area contributed by atoms with Crippen molar-refractivity contribution in [2.45, 2.75) is 45.6 Å². The van der Waals surface area contributed by atoms with E-state index in [0.29, 0.717) is 12.0 Å². The van der Waals surface area contributed by atoms with Crippen molar-refractivity contribution < 1.29 is 4.79 Å². The summed E-state index contributed by atoms with van der Waals surface area (Å²) >= 11 is 0. The SMILES string of the molecule is CCCNC(=O)C1CCC(N)C(C)C1. The fourth-order valence-electron chi connectivity index (χ4n) is 2.05. The lowest BCUT2D eigenvalue weighted by Crippen LogP contribution is -2.40. The molecule has 0 spiro atoms. The molecular formula is C11H22N2O. The third kappa shape index (κ3) is 2.98. The van der Waals surface area contributed by atoms with Crippen molar-refractivity contribution in [1.29, 1.82) is 0 Å². The molecule has 0 aliphatic heterocycles. The fourth-order valence-corrected chi connectivity index (χ4v) is 2.05. The lowest BCUT2D eigenvalue weighted by atomic mass is 9.79. The second-order valence-corrected chi connectivity index (χ2v) is 4.44. The first kappa shape index (κ1) is 11.5. The van der Waals surface area contributed by atoms with Gasteiger partial charge >= 0.3 is 0 Å². The summed E-state index contributed by atoms with van der Waals surface area (Å²) in [4.78, 5) is 11.7. The quantitative estimate of drug-likeness (QED) is 0.717. The van der Waals surface area contributed by atoms with E-state index in [9.17, 15) is 4.79 Å². The summed E-state index contributed by atoms with van der Waals surface area (Å²) in [5, 5.41) is 2.96. The Bertz CT molecular complexity index is 194. The molecule has 14 heavy (non-hydrogen) atoms. The Morgan fingerprint density at radius 2 is 2.21 bits per heavy atom. The number of nitrogens with two attached hydrogens (primary N) is 1. The van der Waals surface area contributed by atoms with E-state index < -0.39 is 0 Å². The molecule has 0 aromatic heterocycles. The Kier molecular flexibility index (Phi) is 4.39. The minimum absolute atomic E-state index is 0.205. The molecule has 3 unspecified atom stereocenters. The lowest BCUT2D eigenvalue weighted by Gasteiger charge is -2.30. The first-order chi connectivity index (χ1) is 6.65. The van der Waals surface area contributed by atoms with Gasteiger partial charge in [0, 0.05) is 18.5 Å². The van der Waals surface area contributed by atoms with E-state index in [1.165, 1.54) is 0 Å². The van der Waals surface area contributed by atoms with Gasteiger partial charge in [-0.25, -0.2) is 0 Å². The van der Waals surface area contributed by atoms with Crippen LogP contribution in [0, 0.1) is 11.8 Å². The summed E-state index contributed by atoms with van der Waals surface area (Å²) in [6, 6.07) is 0.297. The average Bonchev–Trinajstić information content (AvgIpc) is 2.18. The third-order valence-corrected chi connectivity index (χ3v) is 3.16. The van der Waals surface area contributed by atoms with Crippen LogP contribution in [-0.2, 0) is 4.79 Å².